The molecule has 0 saturated carbocycles. The molecular weight excluding hydrogens is 335 g/mol. The van der Waals surface area contributed by atoms with Crippen LogP contribution in [0.15, 0.2) is 18.3 Å². The van der Waals surface area contributed by atoms with Crippen LogP contribution in [0.3, 0.4) is 0 Å². The summed E-state index contributed by atoms with van der Waals surface area (Å²) in [5.74, 6) is -0.966. The van der Waals surface area contributed by atoms with Gasteiger partial charge in [-0.25, -0.2) is 4.98 Å². The number of nitrogens with zero attached hydrogens (tertiary/aromatic N) is 4. The monoisotopic (exact) mass is 353 g/mol. The summed E-state index contributed by atoms with van der Waals surface area (Å²) in [5, 5.41) is 13.8. The quantitative estimate of drug-likeness (QED) is 0.903. The number of nitrogen functional groups attached to an aromatic ring is 1. The molecule has 0 aliphatic carbocycles. The van der Waals surface area contributed by atoms with Crippen LogP contribution in [0.25, 0.3) is 11.3 Å². The van der Waals surface area contributed by atoms with Gasteiger partial charge in [-0.15, -0.1) is 13.2 Å². The maximum Gasteiger partial charge on any atom is 0.573 e. The first-order valence-electron chi connectivity index (χ1n) is 7.47. The summed E-state index contributed by atoms with van der Waals surface area (Å²) in [7, 11) is 0. The van der Waals surface area contributed by atoms with Gasteiger partial charge in [-0.05, 0) is 39.8 Å². The van der Waals surface area contributed by atoms with Crippen LogP contribution in [0.2, 0.25) is 0 Å². The lowest BCUT2D eigenvalue weighted by atomic mass is 9.90. The minimum absolute atomic E-state index is 0.0380. The van der Waals surface area contributed by atoms with E-state index in [1.54, 1.807) is 24.6 Å². The minimum atomic E-state index is -4.88. The minimum Gasteiger partial charge on any atom is -0.402 e. The number of nitriles is 1. The van der Waals surface area contributed by atoms with Crippen molar-refractivity contribution in [3.63, 3.8) is 0 Å². The molecule has 0 aliphatic heterocycles. The van der Waals surface area contributed by atoms with E-state index in [0.717, 1.165) is 6.07 Å². The highest BCUT2D eigenvalue weighted by Crippen LogP contribution is 2.33. The summed E-state index contributed by atoms with van der Waals surface area (Å²) in [6, 6.07) is 4.95. The molecule has 2 aromatic heterocycles. The third-order valence-corrected chi connectivity index (χ3v) is 3.55. The van der Waals surface area contributed by atoms with Crippen molar-refractivity contribution in [3.05, 3.63) is 24.0 Å². The fourth-order valence-electron chi connectivity index (χ4n) is 2.25. The Balaban J connectivity index is 2.55. The molecule has 0 bridgehead atoms. The maximum absolute atomic E-state index is 12.5. The van der Waals surface area contributed by atoms with E-state index >= 15 is 0 Å². The van der Waals surface area contributed by atoms with E-state index in [2.05, 4.69) is 20.9 Å². The van der Waals surface area contributed by atoms with Gasteiger partial charge >= 0.3 is 6.36 Å². The number of nitrogens with two attached hydrogens (primary N) is 1. The van der Waals surface area contributed by atoms with Gasteiger partial charge in [0.1, 0.15) is 0 Å². The zero-order valence-electron chi connectivity index (χ0n) is 14.2. The van der Waals surface area contributed by atoms with Crippen LogP contribution in [0.4, 0.5) is 19.0 Å². The molecule has 2 N–H and O–H groups in total. The predicted molar refractivity (Wildman–Crippen MR) is 85.6 cm³/mol. The van der Waals surface area contributed by atoms with Gasteiger partial charge in [-0.3, -0.25) is 4.68 Å². The smallest absolute Gasteiger partial charge is 0.402 e. The Morgan fingerprint density at radius 1 is 1.28 bits per heavy atom. The number of anilines is 1. The molecule has 0 amide bonds. The van der Waals surface area contributed by atoms with Gasteiger partial charge in [0.05, 0.1) is 22.9 Å². The summed E-state index contributed by atoms with van der Waals surface area (Å²) < 4.78 is 43.0. The first-order valence-corrected chi connectivity index (χ1v) is 7.47. The highest BCUT2D eigenvalue weighted by atomic mass is 19.4. The van der Waals surface area contributed by atoms with E-state index in [0.29, 0.717) is 17.0 Å². The molecule has 0 aliphatic rings. The molecule has 2 rings (SSSR count). The van der Waals surface area contributed by atoms with Gasteiger partial charge in [-0.2, -0.15) is 10.4 Å². The van der Waals surface area contributed by atoms with Crippen molar-refractivity contribution in [1.82, 2.24) is 14.8 Å². The number of aromatic nitrogens is 3. The first kappa shape index (κ1) is 18.6. The van der Waals surface area contributed by atoms with Crippen LogP contribution in [-0.2, 0) is 5.41 Å². The second-order valence-electron chi connectivity index (χ2n) is 6.35. The molecule has 0 radical (unpaired) electrons. The Hall–Kier alpha value is -2.76. The topological polar surface area (TPSA) is 89.8 Å². The lowest BCUT2D eigenvalue weighted by molar-refractivity contribution is -0.274. The van der Waals surface area contributed by atoms with Crippen molar-refractivity contribution >= 4 is 5.82 Å². The van der Waals surface area contributed by atoms with Gasteiger partial charge < -0.3 is 10.5 Å². The summed E-state index contributed by atoms with van der Waals surface area (Å²) >= 11 is 0. The number of halogens is 3. The average molecular weight is 353 g/mol. The zero-order chi connectivity index (χ0) is 19.0. The number of pyridine rings is 1. The number of alkyl halides is 3. The van der Waals surface area contributed by atoms with Crippen molar-refractivity contribution < 1.29 is 17.9 Å². The second-order valence-corrected chi connectivity index (χ2v) is 6.35. The lowest BCUT2D eigenvalue weighted by Crippen LogP contribution is -2.21. The van der Waals surface area contributed by atoms with E-state index in [4.69, 9.17) is 5.73 Å². The van der Waals surface area contributed by atoms with E-state index in [1.165, 1.54) is 6.20 Å². The van der Waals surface area contributed by atoms with Crippen LogP contribution in [-0.4, -0.2) is 21.1 Å². The third-order valence-electron chi connectivity index (χ3n) is 3.55. The Kier molecular flexibility index (Phi) is 4.66. The fourth-order valence-corrected chi connectivity index (χ4v) is 2.25. The van der Waals surface area contributed by atoms with Crippen molar-refractivity contribution in [2.24, 2.45) is 0 Å². The molecule has 25 heavy (non-hydrogen) atoms. The molecule has 2 heterocycles. The summed E-state index contributed by atoms with van der Waals surface area (Å²) in [6.45, 7) is 7.28. The second kappa shape index (κ2) is 6.27. The average Bonchev–Trinajstić information content (AvgIpc) is 2.94. The van der Waals surface area contributed by atoms with Crippen LogP contribution >= 0.6 is 0 Å². The van der Waals surface area contributed by atoms with Crippen molar-refractivity contribution in [2.75, 3.05) is 5.73 Å². The van der Waals surface area contributed by atoms with E-state index in [1.807, 2.05) is 13.8 Å². The Morgan fingerprint density at radius 2 is 1.92 bits per heavy atom. The molecule has 0 aromatic carbocycles. The number of hydrogen-bond acceptors (Lipinski definition) is 5. The summed E-state index contributed by atoms with van der Waals surface area (Å²) in [4.78, 5) is 3.74. The molecule has 134 valence electrons. The van der Waals surface area contributed by atoms with Gasteiger partial charge in [0.2, 0.25) is 0 Å². The van der Waals surface area contributed by atoms with E-state index in [9.17, 15) is 18.4 Å². The van der Waals surface area contributed by atoms with Crippen LogP contribution in [0.1, 0.15) is 39.4 Å². The molecule has 2 aromatic rings. The highest BCUT2D eigenvalue weighted by molar-refractivity contribution is 5.64. The number of hydrogen-bond donors (Lipinski definition) is 1. The molecule has 0 atom stereocenters. The Labute approximate surface area is 143 Å². The normalized spacial score (nSPS) is 12.3. The van der Waals surface area contributed by atoms with Crippen molar-refractivity contribution in [3.8, 4) is 23.1 Å². The van der Waals surface area contributed by atoms with E-state index in [-0.39, 0.29) is 11.9 Å². The van der Waals surface area contributed by atoms with Gasteiger partial charge in [-0.1, -0.05) is 0 Å². The lowest BCUT2D eigenvalue weighted by Gasteiger charge is -2.19. The Bertz CT molecular complexity index is 818. The van der Waals surface area contributed by atoms with Crippen molar-refractivity contribution in [2.45, 2.75) is 45.5 Å². The van der Waals surface area contributed by atoms with Crippen LogP contribution in [0, 0.1) is 11.3 Å². The van der Waals surface area contributed by atoms with Gasteiger partial charge in [0.25, 0.3) is 0 Å². The molecule has 0 fully saturated rings. The first-order chi connectivity index (χ1) is 11.4. The third kappa shape index (κ3) is 4.02. The predicted octanol–water partition coefficient (Wildman–Crippen LogP) is 3.81. The SMILES string of the molecule is CC(C)n1nc(-c2cnc(N)c(OC(F)(F)F)c2)cc1C(C)(C)C#N. The molecular formula is C16H18F3N5O. The maximum atomic E-state index is 12.5. The largest absolute Gasteiger partial charge is 0.573 e. The van der Waals surface area contributed by atoms with Crippen LogP contribution in [0.5, 0.6) is 5.75 Å². The van der Waals surface area contributed by atoms with Crippen molar-refractivity contribution in [1.29, 1.82) is 5.26 Å². The van der Waals surface area contributed by atoms with E-state index < -0.39 is 17.5 Å². The Morgan fingerprint density at radius 3 is 2.44 bits per heavy atom. The fraction of sp³-hybridized carbons (Fsp3) is 0.438. The summed E-state index contributed by atoms with van der Waals surface area (Å²) in [5.41, 5.74) is 5.96. The van der Waals surface area contributed by atoms with Crippen LogP contribution < -0.4 is 10.5 Å². The number of rotatable bonds is 4. The molecule has 9 heteroatoms. The number of ether oxygens (including phenoxy) is 1. The molecule has 0 spiro atoms. The molecule has 0 saturated heterocycles. The molecule has 6 nitrogen and oxygen atoms in total. The highest BCUT2D eigenvalue weighted by Gasteiger charge is 2.33. The zero-order valence-corrected chi connectivity index (χ0v) is 14.2. The standard InChI is InChI=1S/C16H18F3N5O/c1-9(2)24-13(15(3,4)8-20)6-11(23-24)10-5-12(14(21)22-7-10)25-16(17,18)19/h5-7,9H,1-4H3,(H2,21,22). The van der Waals surface area contributed by atoms with Gasteiger partial charge in [0.15, 0.2) is 11.6 Å². The van der Waals surface area contributed by atoms with Gasteiger partial charge in [0, 0.05) is 17.8 Å². The molecule has 0 unspecified atom stereocenters. The summed E-state index contributed by atoms with van der Waals surface area (Å²) in [6.07, 6.45) is -3.56.